The van der Waals surface area contributed by atoms with Crippen molar-refractivity contribution in [2.75, 3.05) is 13.2 Å². The van der Waals surface area contributed by atoms with Crippen molar-refractivity contribution < 1.29 is 9.53 Å². The maximum atomic E-state index is 12.5. The molecular weight excluding hydrogens is 302 g/mol. The second-order valence-electron chi connectivity index (χ2n) is 5.57. The quantitative estimate of drug-likeness (QED) is 0.439. The van der Waals surface area contributed by atoms with Crippen LogP contribution in [-0.2, 0) is 17.9 Å². The number of carbonyl (C=O) groups is 1. The van der Waals surface area contributed by atoms with Gasteiger partial charge in [0.15, 0.2) is 0 Å². The minimum atomic E-state index is -0.0398. The monoisotopic (exact) mass is 327 g/mol. The van der Waals surface area contributed by atoms with Crippen LogP contribution >= 0.6 is 0 Å². The molecule has 0 aliphatic carbocycles. The van der Waals surface area contributed by atoms with Crippen molar-refractivity contribution in [2.24, 2.45) is 0 Å². The van der Waals surface area contributed by atoms with E-state index in [-0.39, 0.29) is 5.91 Å². The maximum Gasteiger partial charge on any atom is 0.254 e. The molecule has 2 heterocycles. The highest BCUT2D eigenvalue weighted by Gasteiger charge is 2.23. The fourth-order valence-electron chi connectivity index (χ4n) is 2.58. The van der Waals surface area contributed by atoms with Gasteiger partial charge in [-0.3, -0.25) is 9.48 Å². The topological polar surface area (TPSA) is 47.4 Å². The Morgan fingerprint density at radius 3 is 2.83 bits per heavy atom. The van der Waals surface area contributed by atoms with E-state index in [0.717, 1.165) is 12.1 Å². The Bertz CT molecular complexity index is 683. The van der Waals surface area contributed by atoms with Gasteiger partial charge >= 0.3 is 0 Å². The van der Waals surface area contributed by atoms with Crippen LogP contribution in [0.4, 0.5) is 0 Å². The zero-order valence-corrected chi connectivity index (χ0v) is 14.5. The molecule has 0 saturated heterocycles. The van der Waals surface area contributed by atoms with Crippen molar-refractivity contribution in [3.63, 3.8) is 0 Å². The van der Waals surface area contributed by atoms with Crippen LogP contribution in [0, 0.1) is 0 Å². The summed E-state index contributed by atoms with van der Waals surface area (Å²) in [4.78, 5) is 14.3. The van der Waals surface area contributed by atoms with Gasteiger partial charge in [-0.15, -0.1) is 5.10 Å². The first-order valence-corrected chi connectivity index (χ1v) is 8.20. The zero-order chi connectivity index (χ0) is 17.5. The van der Waals surface area contributed by atoms with E-state index >= 15 is 0 Å². The first-order valence-electron chi connectivity index (χ1n) is 8.20. The molecule has 1 aliphatic rings. The smallest absolute Gasteiger partial charge is 0.254 e. The maximum absolute atomic E-state index is 12.5. The Labute approximate surface area is 143 Å². The normalized spacial score (nSPS) is 15.0. The summed E-state index contributed by atoms with van der Waals surface area (Å²) >= 11 is 0. The lowest BCUT2D eigenvalue weighted by Gasteiger charge is -2.27. The highest BCUT2D eigenvalue weighted by molar-refractivity contribution is 5.96. The Morgan fingerprint density at radius 1 is 1.42 bits per heavy atom. The van der Waals surface area contributed by atoms with E-state index in [0.29, 0.717) is 37.7 Å². The van der Waals surface area contributed by atoms with E-state index < -0.39 is 0 Å². The number of allylic oxidation sites excluding steroid dienone is 3. The summed E-state index contributed by atoms with van der Waals surface area (Å²) in [6.07, 6.45) is 7.88. The number of hydrogen-bond donors (Lipinski definition) is 0. The van der Waals surface area contributed by atoms with Crippen LogP contribution in [0.3, 0.4) is 0 Å². The molecule has 0 N–H and O–H groups in total. The van der Waals surface area contributed by atoms with Gasteiger partial charge in [0.25, 0.3) is 5.91 Å². The average molecular weight is 327 g/mol. The summed E-state index contributed by atoms with van der Waals surface area (Å²) in [6.45, 7) is 13.8. The fourth-order valence-corrected chi connectivity index (χ4v) is 2.58. The number of hydrogen-bond acceptors (Lipinski definition) is 3. The van der Waals surface area contributed by atoms with Crippen LogP contribution < -0.4 is 4.74 Å². The van der Waals surface area contributed by atoms with Gasteiger partial charge in [-0.2, -0.15) is 0 Å². The molecule has 5 heteroatoms. The molecule has 24 heavy (non-hydrogen) atoms. The van der Waals surface area contributed by atoms with Gasteiger partial charge in [0.2, 0.25) is 5.88 Å². The average Bonchev–Trinajstić information content (AvgIpc) is 3.01. The van der Waals surface area contributed by atoms with Crippen LogP contribution in [0.5, 0.6) is 5.88 Å². The number of fused-ring (bicyclic) bond motifs is 1. The molecule has 1 amide bonds. The Morgan fingerprint density at radius 2 is 2.21 bits per heavy atom. The highest BCUT2D eigenvalue weighted by Crippen LogP contribution is 2.20. The third-order valence-electron chi connectivity index (χ3n) is 4.09. The first kappa shape index (κ1) is 17.8. The number of rotatable bonds is 7. The molecule has 0 saturated carbocycles. The van der Waals surface area contributed by atoms with Crippen molar-refractivity contribution >= 4 is 5.91 Å². The number of ether oxygens (including phenoxy) is 1. The lowest BCUT2D eigenvalue weighted by atomic mass is 10.2. The standard InChI is InChI=1S/C19H25N3O2/c1-5-9-16(8-4)19(23)21-10-11-22-17(13-21)12-18(20-22)24-14-15(6-2)7-3/h5-6,8-9,12H,1,4,7,10-11,13-14H2,2-3H3. The van der Waals surface area contributed by atoms with Gasteiger partial charge in [0.1, 0.15) is 6.61 Å². The van der Waals surface area contributed by atoms with Crippen LogP contribution in [0.15, 0.2) is 54.7 Å². The van der Waals surface area contributed by atoms with Crippen LogP contribution in [-0.4, -0.2) is 33.7 Å². The van der Waals surface area contributed by atoms with E-state index in [1.165, 1.54) is 5.57 Å². The molecule has 0 fully saturated rings. The molecule has 1 aliphatic heterocycles. The number of aromatic nitrogens is 2. The Hall–Kier alpha value is -2.56. The highest BCUT2D eigenvalue weighted by atomic mass is 16.5. The molecular formula is C19H25N3O2. The number of amides is 1. The summed E-state index contributed by atoms with van der Waals surface area (Å²) in [5, 5.41) is 4.46. The van der Waals surface area contributed by atoms with Crippen molar-refractivity contribution in [2.45, 2.75) is 33.4 Å². The second-order valence-corrected chi connectivity index (χ2v) is 5.57. The van der Waals surface area contributed by atoms with E-state index in [1.807, 2.05) is 17.7 Å². The molecule has 0 atom stereocenters. The van der Waals surface area contributed by atoms with E-state index in [1.54, 1.807) is 23.1 Å². The molecule has 1 aromatic heterocycles. The number of carbonyl (C=O) groups excluding carboxylic acids is 1. The van der Waals surface area contributed by atoms with Crippen molar-refractivity contribution in [3.05, 3.63) is 60.4 Å². The van der Waals surface area contributed by atoms with Gasteiger partial charge in [0.05, 0.1) is 18.8 Å². The van der Waals surface area contributed by atoms with Crippen molar-refractivity contribution in [1.82, 2.24) is 14.7 Å². The van der Waals surface area contributed by atoms with E-state index in [4.69, 9.17) is 4.74 Å². The minimum absolute atomic E-state index is 0.0398. The first-order chi connectivity index (χ1) is 11.6. The van der Waals surface area contributed by atoms with E-state index in [9.17, 15) is 4.79 Å². The molecule has 2 rings (SSSR count). The summed E-state index contributed by atoms with van der Waals surface area (Å²) in [5.41, 5.74) is 2.77. The second kappa shape index (κ2) is 8.34. The molecule has 128 valence electrons. The predicted molar refractivity (Wildman–Crippen MR) is 95.7 cm³/mol. The summed E-state index contributed by atoms with van der Waals surface area (Å²) in [5.74, 6) is 0.569. The van der Waals surface area contributed by atoms with Gasteiger partial charge in [-0.25, -0.2) is 0 Å². The Kier molecular flexibility index (Phi) is 6.18. The lowest BCUT2D eigenvalue weighted by Crippen LogP contribution is -2.38. The zero-order valence-electron chi connectivity index (χ0n) is 14.5. The lowest BCUT2D eigenvalue weighted by molar-refractivity contribution is -0.128. The molecule has 0 spiro atoms. The molecule has 0 radical (unpaired) electrons. The van der Waals surface area contributed by atoms with Gasteiger partial charge in [0, 0.05) is 18.2 Å². The summed E-state index contributed by atoms with van der Waals surface area (Å²) in [6, 6.07) is 1.91. The van der Waals surface area contributed by atoms with Crippen molar-refractivity contribution in [1.29, 1.82) is 0 Å². The third kappa shape index (κ3) is 4.04. The molecule has 1 aromatic rings. The third-order valence-corrected chi connectivity index (χ3v) is 4.09. The van der Waals surface area contributed by atoms with Gasteiger partial charge < -0.3 is 9.64 Å². The van der Waals surface area contributed by atoms with E-state index in [2.05, 4.69) is 31.3 Å². The minimum Gasteiger partial charge on any atom is -0.472 e. The number of nitrogens with zero attached hydrogens (tertiary/aromatic N) is 3. The van der Waals surface area contributed by atoms with Crippen molar-refractivity contribution in [3.8, 4) is 5.88 Å². The van der Waals surface area contributed by atoms with Crippen LogP contribution in [0.1, 0.15) is 26.0 Å². The van der Waals surface area contributed by atoms with Gasteiger partial charge in [-0.05, 0) is 18.9 Å². The largest absolute Gasteiger partial charge is 0.472 e. The Balaban J connectivity index is 2.06. The fraction of sp³-hybridized carbons (Fsp3) is 0.368. The molecule has 0 aromatic carbocycles. The molecule has 5 nitrogen and oxygen atoms in total. The summed E-state index contributed by atoms with van der Waals surface area (Å²) in [7, 11) is 0. The van der Waals surface area contributed by atoms with Crippen LogP contribution in [0.2, 0.25) is 0 Å². The predicted octanol–water partition coefficient (Wildman–Crippen LogP) is 3.26. The molecule has 0 unspecified atom stereocenters. The summed E-state index contributed by atoms with van der Waals surface area (Å²) < 4.78 is 7.67. The van der Waals surface area contributed by atoms with Gasteiger partial charge in [-0.1, -0.05) is 44.4 Å². The molecule has 0 bridgehead atoms. The SMILES string of the molecule is C=CC=C(C=C)C(=O)N1CCn2nc(OCC(=CC)CC)cc2C1. The van der Waals surface area contributed by atoms with Crippen LogP contribution in [0.25, 0.3) is 0 Å².